The number of methoxy groups -OCH3 is 1. The molecule has 150 valence electrons. The van der Waals surface area contributed by atoms with Gasteiger partial charge in [0.15, 0.2) is 0 Å². The molecule has 2 rings (SSSR count). The summed E-state index contributed by atoms with van der Waals surface area (Å²) in [5.74, 6) is -0.234. The first kappa shape index (κ1) is 21.4. The molecule has 1 aliphatic heterocycles. The van der Waals surface area contributed by atoms with Gasteiger partial charge >= 0.3 is 0 Å². The van der Waals surface area contributed by atoms with Crippen molar-refractivity contribution in [1.82, 2.24) is 10.2 Å². The summed E-state index contributed by atoms with van der Waals surface area (Å²) in [6.07, 6.45) is 3.82. The van der Waals surface area contributed by atoms with E-state index in [-0.39, 0.29) is 18.4 Å². The zero-order chi connectivity index (χ0) is 19.9. The highest BCUT2D eigenvalue weighted by atomic mass is 16.5. The van der Waals surface area contributed by atoms with Crippen LogP contribution in [0.2, 0.25) is 0 Å². The fraction of sp³-hybridized carbons (Fsp3) is 0.619. The monoisotopic (exact) mass is 376 g/mol. The van der Waals surface area contributed by atoms with Crippen LogP contribution >= 0.6 is 0 Å². The number of piperidine rings is 1. The first-order chi connectivity index (χ1) is 12.9. The third kappa shape index (κ3) is 5.53. The van der Waals surface area contributed by atoms with Gasteiger partial charge in [-0.2, -0.15) is 0 Å². The van der Waals surface area contributed by atoms with Crippen LogP contribution < -0.4 is 5.32 Å². The lowest BCUT2D eigenvalue weighted by Gasteiger charge is -2.49. The molecule has 2 amide bonds. The second kappa shape index (κ2) is 9.85. The van der Waals surface area contributed by atoms with Gasteiger partial charge in [0.25, 0.3) is 0 Å². The summed E-state index contributed by atoms with van der Waals surface area (Å²) in [4.78, 5) is 27.0. The van der Waals surface area contributed by atoms with Gasteiger partial charge in [-0.25, -0.2) is 0 Å². The molecule has 6 nitrogen and oxygen atoms in total. The molecule has 0 saturated carbocycles. The Morgan fingerprint density at radius 2 is 2.00 bits per heavy atom. The number of ether oxygens (including phenoxy) is 1. The van der Waals surface area contributed by atoms with Crippen LogP contribution in [0.5, 0.6) is 0 Å². The van der Waals surface area contributed by atoms with Crippen LogP contribution in [0.4, 0.5) is 0 Å². The molecule has 27 heavy (non-hydrogen) atoms. The third-order valence-electron chi connectivity index (χ3n) is 5.23. The maximum Gasteiger partial charge on any atom is 0.246 e. The van der Waals surface area contributed by atoms with Crippen LogP contribution in [0.15, 0.2) is 30.3 Å². The predicted octanol–water partition coefficient (Wildman–Crippen LogP) is 2.42. The molecule has 1 fully saturated rings. The van der Waals surface area contributed by atoms with Crippen LogP contribution in [-0.2, 0) is 14.3 Å². The van der Waals surface area contributed by atoms with Crippen molar-refractivity contribution in [2.45, 2.75) is 63.6 Å². The van der Waals surface area contributed by atoms with Crippen molar-refractivity contribution in [3.63, 3.8) is 0 Å². The average molecular weight is 376 g/mol. The fourth-order valence-corrected chi connectivity index (χ4v) is 3.71. The van der Waals surface area contributed by atoms with Crippen LogP contribution in [0.3, 0.4) is 0 Å². The number of nitrogens with one attached hydrogen (secondary N) is 1. The summed E-state index contributed by atoms with van der Waals surface area (Å²) in [6.45, 7) is 4.21. The van der Waals surface area contributed by atoms with Gasteiger partial charge in [-0.05, 0) is 25.3 Å². The van der Waals surface area contributed by atoms with E-state index in [1.165, 1.54) is 7.11 Å². The molecule has 0 aromatic heterocycles. The number of carbonyl (C=O) groups excluding carboxylic acids is 2. The number of likely N-dealkylation sites (tertiary alicyclic amines) is 1. The summed E-state index contributed by atoms with van der Waals surface area (Å²) in [5, 5.41) is 13.9. The lowest BCUT2D eigenvalue weighted by Crippen LogP contribution is -2.63. The molecule has 0 unspecified atom stereocenters. The maximum absolute atomic E-state index is 12.9. The standard InChI is InChI=1S/C21H32N2O4/c1-4-5-7-12-18(25)23-14-13-21(2,26)20(22-17(24)15-27-3)19(23)16-10-8-6-9-11-16/h6,8-11,19-20,26H,4-5,7,12-15H2,1-3H3,(H,22,24)/t19-,20-,21+/m0/s1. The minimum absolute atomic E-state index is 0.0683. The molecule has 1 aliphatic rings. The predicted molar refractivity (Wildman–Crippen MR) is 104 cm³/mol. The van der Waals surface area contributed by atoms with Crippen molar-refractivity contribution < 1.29 is 19.4 Å². The molecule has 0 bridgehead atoms. The molecule has 6 heteroatoms. The van der Waals surface area contributed by atoms with Gasteiger partial charge in [0.2, 0.25) is 11.8 Å². The van der Waals surface area contributed by atoms with Gasteiger partial charge in [0.05, 0.1) is 17.7 Å². The van der Waals surface area contributed by atoms with Crippen molar-refractivity contribution in [3.8, 4) is 0 Å². The number of rotatable bonds is 8. The topological polar surface area (TPSA) is 78.9 Å². The quantitative estimate of drug-likeness (QED) is 0.683. The molecule has 2 N–H and O–H groups in total. The zero-order valence-corrected chi connectivity index (χ0v) is 16.6. The van der Waals surface area contributed by atoms with Gasteiger partial charge in [-0.15, -0.1) is 0 Å². The number of hydrogen-bond acceptors (Lipinski definition) is 4. The number of aliphatic hydroxyl groups is 1. The Morgan fingerprint density at radius 1 is 1.30 bits per heavy atom. The van der Waals surface area contributed by atoms with E-state index in [0.29, 0.717) is 19.4 Å². The van der Waals surface area contributed by atoms with E-state index in [2.05, 4.69) is 12.2 Å². The minimum Gasteiger partial charge on any atom is -0.388 e. The van der Waals surface area contributed by atoms with Gasteiger partial charge in [-0.1, -0.05) is 50.1 Å². The second-order valence-electron chi connectivity index (χ2n) is 7.49. The van der Waals surface area contributed by atoms with Crippen molar-refractivity contribution in [2.24, 2.45) is 0 Å². The Hall–Kier alpha value is -1.92. The molecule has 0 aliphatic carbocycles. The molecule has 0 spiro atoms. The van der Waals surface area contributed by atoms with E-state index < -0.39 is 17.7 Å². The number of carbonyl (C=O) groups is 2. The van der Waals surface area contributed by atoms with Gasteiger partial charge in [0, 0.05) is 20.1 Å². The Bertz CT molecular complexity index is 618. The highest BCUT2D eigenvalue weighted by molar-refractivity contribution is 5.79. The van der Waals surface area contributed by atoms with Crippen molar-refractivity contribution in [1.29, 1.82) is 0 Å². The van der Waals surface area contributed by atoms with Crippen molar-refractivity contribution in [2.75, 3.05) is 20.3 Å². The third-order valence-corrected chi connectivity index (χ3v) is 5.23. The molecule has 1 aromatic rings. The number of unbranched alkanes of at least 4 members (excludes halogenated alkanes) is 2. The fourth-order valence-electron chi connectivity index (χ4n) is 3.71. The normalized spacial score (nSPS) is 25.3. The molecule has 1 aromatic carbocycles. The van der Waals surface area contributed by atoms with Gasteiger partial charge in [0.1, 0.15) is 6.61 Å². The Morgan fingerprint density at radius 3 is 2.63 bits per heavy atom. The lowest BCUT2D eigenvalue weighted by molar-refractivity contribution is -0.147. The van der Waals surface area contributed by atoms with Crippen LogP contribution in [0, 0.1) is 0 Å². The number of amides is 2. The lowest BCUT2D eigenvalue weighted by atomic mass is 9.79. The van der Waals surface area contributed by atoms with Gasteiger partial charge < -0.3 is 20.1 Å². The summed E-state index contributed by atoms with van der Waals surface area (Å²) < 4.78 is 4.92. The molecular formula is C21H32N2O4. The highest BCUT2D eigenvalue weighted by Crippen LogP contribution is 2.37. The van der Waals surface area contributed by atoms with E-state index in [1.54, 1.807) is 6.92 Å². The number of benzene rings is 1. The van der Waals surface area contributed by atoms with E-state index >= 15 is 0 Å². The Kier molecular flexibility index (Phi) is 7.80. The van der Waals surface area contributed by atoms with E-state index in [4.69, 9.17) is 4.74 Å². The second-order valence-corrected chi connectivity index (χ2v) is 7.49. The van der Waals surface area contributed by atoms with E-state index in [0.717, 1.165) is 24.8 Å². The first-order valence-electron chi connectivity index (χ1n) is 9.75. The van der Waals surface area contributed by atoms with Crippen LogP contribution in [-0.4, -0.2) is 53.7 Å². The van der Waals surface area contributed by atoms with Crippen molar-refractivity contribution >= 4 is 11.8 Å². The molecule has 1 heterocycles. The van der Waals surface area contributed by atoms with E-state index in [9.17, 15) is 14.7 Å². The SMILES string of the molecule is CCCCCC(=O)N1CC[C@@](C)(O)[C@@H](NC(=O)COC)[C@@H]1c1ccccc1. The molecular weight excluding hydrogens is 344 g/mol. The Balaban J connectivity index is 2.33. The summed E-state index contributed by atoms with van der Waals surface area (Å²) in [7, 11) is 1.46. The molecule has 3 atom stereocenters. The van der Waals surface area contributed by atoms with E-state index in [1.807, 2.05) is 35.2 Å². The van der Waals surface area contributed by atoms with Crippen molar-refractivity contribution in [3.05, 3.63) is 35.9 Å². The maximum atomic E-state index is 12.9. The summed E-state index contributed by atoms with van der Waals surface area (Å²) >= 11 is 0. The van der Waals surface area contributed by atoms with Crippen LogP contribution in [0.1, 0.15) is 57.6 Å². The minimum atomic E-state index is -1.12. The number of nitrogens with zero attached hydrogens (tertiary/aromatic N) is 1. The van der Waals surface area contributed by atoms with Crippen LogP contribution in [0.25, 0.3) is 0 Å². The average Bonchev–Trinajstić information content (AvgIpc) is 2.64. The Labute approximate surface area is 161 Å². The summed E-state index contributed by atoms with van der Waals surface area (Å²) in [6, 6.07) is 8.59. The smallest absolute Gasteiger partial charge is 0.246 e. The first-order valence-corrected chi connectivity index (χ1v) is 9.75. The zero-order valence-electron chi connectivity index (χ0n) is 16.6. The largest absolute Gasteiger partial charge is 0.388 e. The summed E-state index contributed by atoms with van der Waals surface area (Å²) in [5.41, 5.74) is -0.214. The van der Waals surface area contributed by atoms with Gasteiger partial charge in [-0.3, -0.25) is 9.59 Å². The molecule has 0 radical (unpaired) electrons. The molecule has 1 saturated heterocycles. The number of hydrogen-bond donors (Lipinski definition) is 2. The highest BCUT2D eigenvalue weighted by Gasteiger charge is 2.47.